The summed E-state index contributed by atoms with van der Waals surface area (Å²) in [5, 5.41) is 3.90. The van der Waals surface area contributed by atoms with Crippen molar-refractivity contribution in [3.8, 4) is 11.5 Å². The van der Waals surface area contributed by atoms with Gasteiger partial charge in [-0.25, -0.2) is 4.98 Å². The van der Waals surface area contributed by atoms with Gasteiger partial charge in [-0.05, 0) is 30.3 Å². The molecule has 1 aromatic heterocycles. The van der Waals surface area contributed by atoms with Crippen LogP contribution in [0.4, 0.5) is 10.8 Å². The van der Waals surface area contributed by atoms with E-state index in [-0.39, 0.29) is 30.6 Å². The third-order valence-corrected chi connectivity index (χ3v) is 7.80. The summed E-state index contributed by atoms with van der Waals surface area (Å²) in [7, 11) is 3.30. The van der Waals surface area contributed by atoms with Gasteiger partial charge < -0.3 is 19.7 Å². The second-order valence-corrected chi connectivity index (χ2v) is 9.88. The lowest BCUT2D eigenvalue weighted by Crippen LogP contribution is -2.48. The number of methoxy groups -OCH3 is 2. The van der Waals surface area contributed by atoms with Gasteiger partial charge in [-0.1, -0.05) is 17.4 Å². The number of thiazole rings is 1. The van der Waals surface area contributed by atoms with Crippen LogP contribution in [0.2, 0.25) is 0 Å². The average Bonchev–Trinajstić information content (AvgIpc) is 3.52. The quantitative estimate of drug-likeness (QED) is 0.449. The minimum atomic E-state index is -0.231. The summed E-state index contributed by atoms with van der Waals surface area (Å²) in [5.41, 5.74) is 1.69. The van der Waals surface area contributed by atoms with E-state index >= 15 is 0 Å². The summed E-state index contributed by atoms with van der Waals surface area (Å²) >= 11 is 1.60. The fourth-order valence-corrected chi connectivity index (χ4v) is 5.78. The molecule has 11 heteroatoms. The Morgan fingerprint density at radius 1 is 1.00 bits per heavy atom. The Kier molecular flexibility index (Phi) is 7.24. The van der Waals surface area contributed by atoms with Crippen LogP contribution in [-0.2, 0) is 9.59 Å². The summed E-state index contributed by atoms with van der Waals surface area (Å²) in [6, 6.07) is 10.4. The zero-order valence-electron chi connectivity index (χ0n) is 20.9. The fraction of sp³-hybridized carbons (Fsp3) is 0.385. The smallest absolute Gasteiger partial charge is 0.251 e. The van der Waals surface area contributed by atoms with Crippen molar-refractivity contribution < 1.29 is 23.9 Å². The van der Waals surface area contributed by atoms with Crippen LogP contribution in [0.5, 0.6) is 11.5 Å². The van der Waals surface area contributed by atoms with Crippen LogP contribution in [0.15, 0.2) is 36.4 Å². The Balaban J connectivity index is 1.13. The largest absolute Gasteiger partial charge is 0.495 e. The zero-order valence-corrected chi connectivity index (χ0v) is 21.7. The van der Waals surface area contributed by atoms with E-state index in [0.717, 1.165) is 64.5 Å². The van der Waals surface area contributed by atoms with Crippen molar-refractivity contribution >= 4 is 50.1 Å². The molecule has 3 aromatic rings. The molecule has 0 aliphatic carbocycles. The van der Waals surface area contributed by atoms with Crippen LogP contribution in [0.3, 0.4) is 0 Å². The molecule has 5 rings (SSSR count). The van der Waals surface area contributed by atoms with Gasteiger partial charge in [0.2, 0.25) is 11.8 Å². The van der Waals surface area contributed by atoms with Crippen molar-refractivity contribution in [3.05, 3.63) is 42.0 Å². The monoisotopic (exact) mass is 523 g/mol. The lowest BCUT2D eigenvalue weighted by Gasteiger charge is -2.34. The normalized spacial score (nSPS) is 16.5. The van der Waals surface area contributed by atoms with Gasteiger partial charge in [-0.15, -0.1) is 0 Å². The van der Waals surface area contributed by atoms with E-state index < -0.39 is 0 Å². The molecule has 3 heterocycles. The van der Waals surface area contributed by atoms with Gasteiger partial charge in [0.05, 0.1) is 19.9 Å². The van der Waals surface area contributed by atoms with Gasteiger partial charge in [-0.2, -0.15) is 0 Å². The van der Waals surface area contributed by atoms with Crippen molar-refractivity contribution in [1.82, 2.24) is 15.2 Å². The van der Waals surface area contributed by atoms with Crippen molar-refractivity contribution in [2.45, 2.75) is 12.8 Å². The molecule has 0 radical (unpaired) electrons. The van der Waals surface area contributed by atoms with E-state index in [2.05, 4.69) is 15.1 Å². The number of fused-ring (bicyclic) bond motifs is 1. The Labute approximate surface area is 218 Å². The van der Waals surface area contributed by atoms with E-state index in [9.17, 15) is 14.4 Å². The van der Waals surface area contributed by atoms with Gasteiger partial charge in [0.15, 0.2) is 5.13 Å². The third-order valence-electron chi connectivity index (χ3n) is 6.67. The van der Waals surface area contributed by atoms with Crippen LogP contribution >= 0.6 is 11.3 Å². The molecule has 0 saturated carbocycles. The Hall–Kier alpha value is -3.70. The Morgan fingerprint density at radius 2 is 1.70 bits per heavy atom. The van der Waals surface area contributed by atoms with E-state index in [4.69, 9.17) is 14.5 Å². The second-order valence-electron chi connectivity index (χ2n) is 8.90. The number of hydrogen-bond acceptors (Lipinski definition) is 9. The SMILES string of the molecule is COc1ccc(OC)c2sc(N3CCN(CCNC(=O)c4cccc(N5C(=O)CCC5=O)c4)CC3)nc12. The molecule has 2 aliphatic heterocycles. The predicted octanol–water partition coefficient (Wildman–Crippen LogP) is 2.52. The summed E-state index contributed by atoms with van der Waals surface area (Å²) in [4.78, 5) is 47.3. The molecule has 3 amide bonds. The van der Waals surface area contributed by atoms with Gasteiger partial charge in [-0.3, -0.25) is 24.2 Å². The lowest BCUT2D eigenvalue weighted by molar-refractivity contribution is -0.121. The summed E-state index contributed by atoms with van der Waals surface area (Å²) in [5.74, 6) is 0.837. The molecule has 2 aromatic carbocycles. The number of carbonyl (C=O) groups is 3. The second kappa shape index (κ2) is 10.7. The Bertz CT molecular complexity index is 1280. The summed E-state index contributed by atoms with van der Waals surface area (Å²) < 4.78 is 12.0. The first kappa shape index (κ1) is 25.0. The van der Waals surface area contributed by atoms with Crippen LogP contribution < -0.4 is 24.6 Å². The van der Waals surface area contributed by atoms with Crippen LogP contribution in [0, 0.1) is 0 Å². The van der Waals surface area contributed by atoms with Crippen LogP contribution in [0.25, 0.3) is 10.2 Å². The molecule has 0 unspecified atom stereocenters. The minimum Gasteiger partial charge on any atom is -0.495 e. The highest BCUT2D eigenvalue weighted by Crippen LogP contribution is 2.40. The Morgan fingerprint density at radius 3 is 2.41 bits per heavy atom. The van der Waals surface area contributed by atoms with E-state index in [0.29, 0.717) is 17.8 Å². The molecule has 0 spiro atoms. The molecule has 2 aliphatic rings. The van der Waals surface area contributed by atoms with Crippen LogP contribution in [-0.4, -0.2) is 81.1 Å². The predicted molar refractivity (Wildman–Crippen MR) is 142 cm³/mol. The maximum atomic E-state index is 12.7. The number of aromatic nitrogens is 1. The molecular formula is C26H29N5O5S. The first-order valence-corrected chi connectivity index (χ1v) is 13.0. The number of anilines is 2. The van der Waals surface area contributed by atoms with Crippen molar-refractivity contribution in [1.29, 1.82) is 0 Å². The average molecular weight is 524 g/mol. The highest BCUT2D eigenvalue weighted by Gasteiger charge is 2.30. The number of carbonyl (C=O) groups excluding carboxylic acids is 3. The lowest BCUT2D eigenvalue weighted by atomic mass is 10.1. The maximum Gasteiger partial charge on any atom is 0.251 e. The highest BCUT2D eigenvalue weighted by atomic mass is 32.1. The molecular weight excluding hydrogens is 494 g/mol. The molecule has 0 bridgehead atoms. The maximum absolute atomic E-state index is 12.7. The summed E-state index contributed by atoms with van der Waals surface area (Å²) in [6.45, 7) is 4.60. The van der Waals surface area contributed by atoms with E-state index in [1.54, 1.807) is 49.8 Å². The molecule has 37 heavy (non-hydrogen) atoms. The number of amides is 3. The number of benzene rings is 2. The van der Waals surface area contributed by atoms with Crippen molar-refractivity contribution in [2.75, 3.05) is 63.3 Å². The fourth-order valence-electron chi connectivity index (χ4n) is 4.65. The molecule has 2 saturated heterocycles. The standard InChI is InChI=1S/C26H29N5O5S/c1-35-19-6-7-20(36-2)24-23(19)28-26(37-24)30-14-12-29(13-15-30)11-10-27-25(34)17-4-3-5-18(16-17)31-21(32)8-9-22(31)33/h3-7,16H,8-15H2,1-2H3,(H,27,34). The third kappa shape index (κ3) is 5.09. The number of piperazine rings is 1. The number of imide groups is 1. The first-order valence-electron chi connectivity index (χ1n) is 12.2. The summed E-state index contributed by atoms with van der Waals surface area (Å²) in [6.07, 6.45) is 0.424. The van der Waals surface area contributed by atoms with Gasteiger partial charge in [0.1, 0.15) is 21.7 Å². The number of ether oxygens (including phenoxy) is 2. The van der Waals surface area contributed by atoms with Gasteiger partial charge in [0.25, 0.3) is 5.91 Å². The molecule has 0 atom stereocenters. The minimum absolute atomic E-state index is 0.212. The van der Waals surface area contributed by atoms with Crippen LogP contribution in [0.1, 0.15) is 23.2 Å². The molecule has 1 N–H and O–H groups in total. The number of rotatable bonds is 8. The van der Waals surface area contributed by atoms with E-state index in [1.165, 1.54) is 0 Å². The topological polar surface area (TPSA) is 104 Å². The number of hydrogen-bond donors (Lipinski definition) is 1. The van der Waals surface area contributed by atoms with Crippen molar-refractivity contribution in [2.24, 2.45) is 0 Å². The molecule has 2 fully saturated rings. The van der Waals surface area contributed by atoms with Crippen molar-refractivity contribution in [3.63, 3.8) is 0 Å². The molecule has 194 valence electrons. The van der Waals surface area contributed by atoms with E-state index in [1.807, 2.05) is 12.1 Å². The highest BCUT2D eigenvalue weighted by molar-refractivity contribution is 7.22. The number of nitrogens with one attached hydrogen (secondary N) is 1. The van der Waals surface area contributed by atoms with Gasteiger partial charge >= 0.3 is 0 Å². The first-order chi connectivity index (χ1) is 18.0. The van der Waals surface area contributed by atoms with Gasteiger partial charge in [0, 0.05) is 57.7 Å². The number of nitrogens with zero attached hydrogens (tertiary/aromatic N) is 4. The zero-order chi connectivity index (χ0) is 25.9. The molecule has 10 nitrogen and oxygen atoms in total.